The highest BCUT2D eigenvalue weighted by Crippen LogP contribution is 2.40. The number of hydrogen-bond acceptors (Lipinski definition) is 12. The zero-order chi connectivity index (χ0) is 22.0. The third-order valence-corrected chi connectivity index (χ3v) is 5.92. The molecule has 0 spiro atoms. The van der Waals surface area contributed by atoms with Crippen LogP contribution < -0.4 is 11.1 Å². The summed E-state index contributed by atoms with van der Waals surface area (Å²) < 4.78 is 8.77. The summed E-state index contributed by atoms with van der Waals surface area (Å²) in [7, 11) is 1.23. The van der Waals surface area contributed by atoms with E-state index in [4.69, 9.17) is 10.5 Å². The SMILES string of the molecule is CON=C(C(=O)N[C@@H]1C(=O)N2C(C(=O)O)=C(COC(C)=O)CS[C@H]12)c1nsc(N)n1. The van der Waals surface area contributed by atoms with E-state index in [2.05, 4.69) is 24.7 Å². The first-order valence-corrected chi connectivity index (χ1v) is 10.1. The van der Waals surface area contributed by atoms with E-state index >= 15 is 0 Å². The Kier molecular flexibility index (Phi) is 6.21. The number of hydrogen-bond donors (Lipinski definition) is 3. The van der Waals surface area contributed by atoms with Crippen LogP contribution >= 0.6 is 23.3 Å². The van der Waals surface area contributed by atoms with Crippen molar-refractivity contribution in [2.75, 3.05) is 25.2 Å². The van der Waals surface area contributed by atoms with Crippen molar-refractivity contribution in [2.45, 2.75) is 18.3 Å². The number of fused-ring (bicyclic) bond motifs is 1. The van der Waals surface area contributed by atoms with Crippen LogP contribution in [0.4, 0.5) is 5.13 Å². The molecule has 0 saturated carbocycles. The second kappa shape index (κ2) is 8.66. The topological polar surface area (TPSA) is 186 Å². The van der Waals surface area contributed by atoms with Gasteiger partial charge >= 0.3 is 11.9 Å². The van der Waals surface area contributed by atoms with Crippen molar-refractivity contribution in [3.05, 3.63) is 17.1 Å². The van der Waals surface area contributed by atoms with Gasteiger partial charge in [-0.3, -0.25) is 19.3 Å². The quantitative estimate of drug-likeness (QED) is 0.193. The molecule has 3 rings (SSSR count). The molecule has 30 heavy (non-hydrogen) atoms. The van der Waals surface area contributed by atoms with Crippen molar-refractivity contribution < 1.29 is 33.9 Å². The Morgan fingerprint density at radius 2 is 2.17 bits per heavy atom. The molecule has 13 nitrogen and oxygen atoms in total. The van der Waals surface area contributed by atoms with Gasteiger partial charge in [0.1, 0.15) is 30.8 Å². The van der Waals surface area contributed by atoms with Crippen LogP contribution in [-0.4, -0.2) is 79.7 Å². The number of β-lactam (4-membered cyclic amide) rings is 1. The highest BCUT2D eigenvalue weighted by atomic mass is 32.2. The second-order valence-corrected chi connectivity index (χ2v) is 7.87. The van der Waals surface area contributed by atoms with Crippen molar-refractivity contribution in [3.63, 3.8) is 0 Å². The van der Waals surface area contributed by atoms with Crippen molar-refractivity contribution in [3.8, 4) is 0 Å². The first-order valence-electron chi connectivity index (χ1n) is 8.29. The van der Waals surface area contributed by atoms with Gasteiger partial charge in [0.2, 0.25) is 11.5 Å². The number of aromatic nitrogens is 2. The number of oxime groups is 1. The number of thioether (sulfide) groups is 1. The Morgan fingerprint density at radius 1 is 1.43 bits per heavy atom. The summed E-state index contributed by atoms with van der Waals surface area (Å²) in [6, 6.07) is -0.995. The number of nitrogen functional groups attached to an aromatic ring is 1. The maximum absolute atomic E-state index is 12.6. The van der Waals surface area contributed by atoms with Crippen LogP contribution in [0.1, 0.15) is 12.7 Å². The van der Waals surface area contributed by atoms with Crippen LogP contribution in [0.15, 0.2) is 16.4 Å². The standard InChI is InChI=1S/C15H16N6O7S2/c1-5(22)28-3-6-4-29-13-8(12(24)21(13)9(6)14(25)26)17-11(23)7(19-27-2)10-18-15(16)30-20-10/h8,13H,3-4H2,1-2H3,(H,17,23)(H,25,26)(H2,16,18,20)/t8-,13-/m1/s1. The van der Waals surface area contributed by atoms with Crippen LogP contribution in [0.25, 0.3) is 0 Å². The lowest BCUT2D eigenvalue weighted by atomic mass is 10.0. The minimum atomic E-state index is -1.33. The zero-order valence-corrected chi connectivity index (χ0v) is 17.3. The van der Waals surface area contributed by atoms with E-state index in [-0.39, 0.29) is 34.7 Å². The van der Waals surface area contributed by atoms with E-state index < -0.39 is 35.2 Å². The van der Waals surface area contributed by atoms with Crippen LogP contribution in [0.5, 0.6) is 0 Å². The van der Waals surface area contributed by atoms with E-state index in [0.717, 1.165) is 16.4 Å². The number of nitrogens with zero attached hydrogens (tertiary/aromatic N) is 4. The number of aliphatic carboxylic acids is 1. The molecule has 0 aliphatic carbocycles. The zero-order valence-electron chi connectivity index (χ0n) is 15.6. The fourth-order valence-electron chi connectivity index (χ4n) is 2.80. The number of esters is 1. The molecule has 2 aliphatic rings. The number of carbonyl (C=O) groups excluding carboxylic acids is 3. The molecule has 4 N–H and O–H groups in total. The Morgan fingerprint density at radius 3 is 2.73 bits per heavy atom. The van der Waals surface area contributed by atoms with Gasteiger partial charge < -0.3 is 25.7 Å². The minimum absolute atomic E-state index is 0.0634. The molecule has 2 aliphatic heterocycles. The first-order chi connectivity index (χ1) is 14.2. The molecule has 15 heteroatoms. The molecular weight excluding hydrogens is 440 g/mol. The summed E-state index contributed by atoms with van der Waals surface area (Å²) >= 11 is 2.09. The predicted octanol–water partition coefficient (Wildman–Crippen LogP) is -1.23. The van der Waals surface area contributed by atoms with E-state index in [9.17, 15) is 24.3 Å². The van der Waals surface area contributed by atoms with Crippen molar-refractivity contribution in [2.24, 2.45) is 5.16 Å². The van der Waals surface area contributed by atoms with Gasteiger partial charge in [-0.05, 0) is 0 Å². The van der Waals surface area contributed by atoms with Crippen molar-refractivity contribution in [1.29, 1.82) is 0 Å². The lowest BCUT2D eigenvalue weighted by Gasteiger charge is -2.49. The average molecular weight is 456 g/mol. The number of rotatable bonds is 7. The molecule has 1 saturated heterocycles. The van der Waals surface area contributed by atoms with Gasteiger partial charge in [0.15, 0.2) is 5.13 Å². The number of nitrogens with one attached hydrogen (secondary N) is 1. The summed E-state index contributed by atoms with van der Waals surface area (Å²) in [5.41, 5.74) is 5.28. The highest BCUT2D eigenvalue weighted by molar-refractivity contribution is 8.00. The molecule has 3 heterocycles. The number of amides is 2. The molecule has 1 aromatic rings. The lowest BCUT2D eigenvalue weighted by molar-refractivity contribution is -0.150. The monoisotopic (exact) mass is 456 g/mol. The molecule has 1 fully saturated rings. The summed E-state index contributed by atoms with van der Waals surface area (Å²) in [5, 5.41) is 15.1. The summed E-state index contributed by atoms with van der Waals surface area (Å²) in [5.74, 6) is -3.16. The first kappa shape index (κ1) is 21.5. The minimum Gasteiger partial charge on any atom is -0.477 e. The smallest absolute Gasteiger partial charge is 0.352 e. The number of carbonyl (C=O) groups is 4. The van der Waals surface area contributed by atoms with E-state index in [1.165, 1.54) is 25.8 Å². The Labute approximate surface area is 177 Å². The largest absolute Gasteiger partial charge is 0.477 e. The molecule has 0 bridgehead atoms. The number of ether oxygens (including phenoxy) is 1. The molecule has 0 unspecified atom stereocenters. The Bertz CT molecular complexity index is 974. The van der Waals surface area contributed by atoms with Gasteiger partial charge in [-0.2, -0.15) is 9.36 Å². The van der Waals surface area contributed by atoms with Crippen LogP contribution in [0.3, 0.4) is 0 Å². The number of nitrogens with two attached hydrogens (primary N) is 1. The van der Waals surface area contributed by atoms with E-state index in [1.54, 1.807) is 0 Å². The number of carboxylic acids is 1. The van der Waals surface area contributed by atoms with Gasteiger partial charge in [-0.1, -0.05) is 5.16 Å². The van der Waals surface area contributed by atoms with E-state index in [0.29, 0.717) is 5.57 Å². The average Bonchev–Trinajstić information content (AvgIpc) is 3.13. The normalized spacial score (nSPS) is 20.9. The number of carboxylic acid groups (broad SMARTS) is 1. The van der Waals surface area contributed by atoms with Crippen LogP contribution in [-0.2, 0) is 28.8 Å². The summed E-state index contributed by atoms with van der Waals surface area (Å²) in [6.07, 6.45) is 0. The fourth-order valence-corrected chi connectivity index (χ4v) is 4.56. The van der Waals surface area contributed by atoms with Crippen LogP contribution in [0.2, 0.25) is 0 Å². The third-order valence-electron chi connectivity index (χ3n) is 4.04. The van der Waals surface area contributed by atoms with Crippen LogP contribution in [0, 0.1) is 0 Å². The molecule has 160 valence electrons. The van der Waals surface area contributed by atoms with Crippen molar-refractivity contribution >= 4 is 57.9 Å². The fraction of sp³-hybridized carbons (Fsp3) is 0.400. The molecule has 1 aromatic heterocycles. The molecule has 2 amide bonds. The van der Waals surface area contributed by atoms with Gasteiger partial charge in [0.05, 0.1) is 0 Å². The summed E-state index contributed by atoms with van der Waals surface area (Å²) in [6.45, 7) is 0.961. The molecule has 0 radical (unpaired) electrons. The maximum Gasteiger partial charge on any atom is 0.352 e. The van der Waals surface area contributed by atoms with Gasteiger partial charge in [-0.15, -0.1) is 11.8 Å². The van der Waals surface area contributed by atoms with E-state index in [1.807, 2.05) is 0 Å². The Balaban J connectivity index is 1.77. The lowest BCUT2D eigenvalue weighted by Crippen LogP contribution is -2.71. The van der Waals surface area contributed by atoms with Crippen molar-refractivity contribution in [1.82, 2.24) is 19.6 Å². The third kappa shape index (κ3) is 4.06. The Hall–Kier alpha value is -3.20. The summed E-state index contributed by atoms with van der Waals surface area (Å²) in [4.78, 5) is 57.6. The van der Waals surface area contributed by atoms with Gasteiger partial charge in [-0.25, -0.2) is 4.79 Å². The van der Waals surface area contributed by atoms with Gasteiger partial charge in [0.25, 0.3) is 11.8 Å². The number of anilines is 1. The molecular formula is C15H16N6O7S2. The molecule has 2 atom stereocenters. The maximum atomic E-state index is 12.6. The predicted molar refractivity (Wildman–Crippen MR) is 104 cm³/mol. The second-order valence-electron chi connectivity index (χ2n) is 5.98. The molecule has 0 aromatic carbocycles. The van der Waals surface area contributed by atoms with Gasteiger partial charge in [0, 0.05) is 29.8 Å². The highest BCUT2D eigenvalue weighted by Gasteiger charge is 2.54.